The van der Waals surface area contributed by atoms with E-state index in [2.05, 4.69) is 0 Å². The molecule has 3 aromatic carbocycles. The van der Waals surface area contributed by atoms with E-state index in [1.807, 2.05) is 66.7 Å². The van der Waals surface area contributed by atoms with Gasteiger partial charge in [0, 0.05) is 12.0 Å². The molecular weight excluding hydrogens is 324 g/mol. The Morgan fingerprint density at radius 2 is 1.42 bits per heavy atom. The Kier molecular flexibility index (Phi) is 4.48. The van der Waals surface area contributed by atoms with Crippen LogP contribution in [0.1, 0.15) is 12.0 Å². The molecule has 0 radical (unpaired) electrons. The van der Waals surface area contributed by atoms with Gasteiger partial charge in [0.1, 0.15) is 18.1 Å². The summed E-state index contributed by atoms with van der Waals surface area (Å²) in [5, 5.41) is 10.2. The van der Waals surface area contributed by atoms with E-state index in [9.17, 15) is 5.11 Å². The maximum absolute atomic E-state index is 10.2. The third-order valence-electron chi connectivity index (χ3n) is 4.15. The highest BCUT2D eigenvalue weighted by Gasteiger charge is 2.17. The summed E-state index contributed by atoms with van der Waals surface area (Å²) >= 11 is 0. The highest BCUT2D eigenvalue weighted by atomic mass is 16.5. The highest BCUT2D eigenvalue weighted by molar-refractivity contribution is 6.16. The van der Waals surface area contributed by atoms with E-state index < -0.39 is 0 Å². The van der Waals surface area contributed by atoms with E-state index in [0.717, 1.165) is 34.1 Å². The third-order valence-corrected chi connectivity index (χ3v) is 4.15. The number of aliphatic imine (C=N–C) groups is 2. The third kappa shape index (κ3) is 3.49. The van der Waals surface area contributed by atoms with Crippen LogP contribution >= 0.6 is 0 Å². The maximum atomic E-state index is 10.2. The van der Waals surface area contributed by atoms with Crippen LogP contribution in [0.25, 0.3) is 0 Å². The van der Waals surface area contributed by atoms with Gasteiger partial charge in [-0.15, -0.1) is 0 Å². The Morgan fingerprint density at radius 3 is 2.19 bits per heavy atom. The lowest BCUT2D eigenvalue weighted by Crippen LogP contribution is -2.16. The molecule has 128 valence electrons. The van der Waals surface area contributed by atoms with E-state index >= 15 is 0 Å². The first kappa shape index (κ1) is 16.1. The van der Waals surface area contributed by atoms with Crippen LogP contribution < -0.4 is 4.74 Å². The molecule has 26 heavy (non-hydrogen) atoms. The number of phenolic OH excluding ortho intramolecular Hbond substituents is 1. The van der Waals surface area contributed by atoms with Crippen LogP contribution in [0, 0.1) is 0 Å². The van der Waals surface area contributed by atoms with Crippen molar-refractivity contribution in [3.8, 4) is 11.5 Å². The second-order valence-electron chi connectivity index (χ2n) is 6.02. The molecule has 3 aromatic rings. The fraction of sp³-hybridized carbons (Fsp3) is 0.0909. The van der Waals surface area contributed by atoms with Gasteiger partial charge in [-0.3, -0.25) is 9.98 Å². The Labute approximate surface area is 152 Å². The molecule has 0 saturated carbocycles. The van der Waals surface area contributed by atoms with Crippen molar-refractivity contribution in [2.75, 3.05) is 6.61 Å². The molecule has 4 nitrogen and oxygen atoms in total. The molecule has 0 spiro atoms. The monoisotopic (exact) mass is 342 g/mol. The van der Waals surface area contributed by atoms with Gasteiger partial charge in [0.05, 0.1) is 22.8 Å². The van der Waals surface area contributed by atoms with Crippen LogP contribution in [0.3, 0.4) is 0 Å². The number of nitrogens with zero attached hydrogens (tertiary/aromatic N) is 2. The summed E-state index contributed by atoms with van der Waals surface area (Å²) in [5.74, 6) is 1.02. The first-order valence-corrected chi connectivity index (χ1v) is 8.49. The molecule has 0 amide bonds. The summed E-state index contributed by atoms with van der Waals surface area (Å²) in [6.45, 7) is 0.366. The van der Waals surface area contributed by atoms with Crippen molar-refractivity contribution < 1.29 is 9.84 Å². The molecule has 0 atom stereocenters. The predicted octanol–water partition coefficient (Wildman–Crippen LogP) is 5.07. The highest BCUT2D eigenvalue weighted by Crippen LogP contribution is 2.32. The zero-order valence-electron chi connectivity index (χ0n) is 14.2. The SMILES string of the molecule is Oc1ccccc1C1=Nc2ccccc2N=C(COc2ccccc2)C1. The molecule has 1 aliphatic heterocycles. The average molecular weight is 342 g/mol. The molecular formula is C22H18N2O2. The summed E-state index contributed by atoms with van der Waals surface area (Å²) in [6.07, 6.45) is 0.513. The number of hydrogen-bond acceptors (Lipinski definition) is 4. The molecule has 4 heteroatoms. The molecule has 0 unspecified atom stereocenters. The van der Waals surface area contributed by atoms with E-state index in [0.29, 0.717) is 13.0 Å². The molecule has 0 saturated heterocycles. The molecule has 1 N–H and O–H groups in total. The standard InChI is InChI=1S/C22H18N2O2/c25-22-13-7-4-10-18(22)21-14-16(15-26-17-8-2-1-3-9-17)23-19-11-5-6-12-20(19)24-21/h1-13,25H,14-15H2. The average Bonchev–Trinajstić information content (AvgIpc) is 2.86. The number of hydrogen-bond donors (Lipinski definition) is 1. The van der Waals surface area contributed by atoms with Crippen molar-refractivity contribution in [3.63, 3.8) is 0 Å². The number of rotatable bonds is 4. The fourth-order valence-corrected chi connectivity index (χ4v) is 2.88. The maximum Gasteiger partial charge on any atom is 0.127 e. The van der Waals surface area contributed by atoms with Gasteiger partial charge in [0.15, 0.2) is 0 Å². The molecule has 4 rings (SSSR count). The first-order valence-electron chi connectivity index (χ1n) is 8.49. The van der Waals surface area contributed by atoms with Crippen molar-refractivity contribution in [3.05, 3.63) is 84.4 Å². The molecule has 0 aromatic heterocycles. The quantitative estimate of drug-likeness (QED) is 0.720. The van der Waals surface area contributed by atoms with Crippen molar-refractivity contribution in [1.82, 2.24) is 0 Å². The van der Waals surface area contributed by atoms with Gasteiger partial charge >= 0.3 is 0 Å². The molecule has 1 heterocycles. The van der Waals surface area contributed by atoms with Crippen LogP contribution in [-0.4, -0.2) is 23.1 Å². The predicted molar refractivity (Wildman–Crippen MR) is 104 cm³/mol. The lowest BCUT2D eigenvalue weighted by atomic mass is 10.0. The topological polar surface area (TPSA) is 54.2 Å². The summed E-state index contributed by atoms with van der Waals surface area (Å²) < 4.78 is 5.88. The smallest absolute Gasteiger partial charge is 0.127 e. The fourth-order valence-electron chi connectivity index (χ4n) is 2.88. The number of ether oxygens (including phenoxy) is 1. The van der Waals surface area contributed by atoms with Crippen LogP contribution in [0.2, 0.25) is 0 Å². The minimum atomic E-state index is 0.217. The second-order valence-corrected chi connectivity index (χ2v) is 6.02. The summed E-state index contributed by atoms with van der Waals surface area (Å²) in [6, 6.07) is 24.7. The number of benzene rings is 3. The number of fused-ring (bicyclic) bond motifs is 1. The summed E-state index contributed by atoms with van der Waals surface area (Å²) in [7, 11) is 0. The summed E-state index contributed by atoms with van der Waals surface area (Å²) in [4.78, 5) is 9.52. The zero-order valence-corrected chi connectivity index (χ0v) is 14.2. The van der Waals surface area contributed by atoms with E-state index in [1.165, 1.54) is 0 Å². The van der Waals surface area contributed by atoms with Gasteiger partial charge < -0.3 is 9.84 Å². The number of aromatic hydroxyl groups is 1. The van der Waals surface area contributed by atoms with Crippen molar-refractivity contribution >= 4 is 22.8 Å². The molecule has 0 bridgehead atoms. The van der Waals surface area contributed by atoms with Crippen LogP contribution in [0.15, 0.2) is 88.8 Å². The van der Waals surface area contributed by atoms with Gasteiger partial charge in [0.2, 0.25) is 0 Å². The molecule has 1 aliphatic rings. The van der Waals surface area contributed by atoms with Gasteiger partial charge in [-0.2, -0.15) is 0 Å². The number of para-hydroxylation sites is 4. The largest absolute Gasteiger partial charge is 0.507 e. The van der Waals surface area contributed by atoms with Gasteiger partial charge in [-0.25, -0.2) is 0 Å². The minimum Gasteiger partial charge on any atom is -0.507 e. The van der Waals surface area contributed by atoms with Crippen LogP contribution in [0.4, 0.5) is 11.4 Å². The van der Waals surface area contributed by atoms with Crippen molar-refractivity contribution in [2.45, 2.75) is 6.42 Å². The van der Waals surface area contributed by atoms with Crippen molar-refractivity contribution in [2.24, 2.45) is 9.98 Å². The second kappa shape index (κ2) is 7.23. The summed E-state index contributed by atoms with van der Waals surface area (Å²) in [5.41, 5.74) is 3.96. The van der Waals surface area contributed by atoms with Crippen LogP contribution in [-0.2, 0) is 0 Å². The van der Waals surface area contributed by atoms with Crippen LogP contribution in [0.5, 0.6) is 11.5 Å². The lowest BCUT2D eigenvalue weighted by Gasteiger charge is -2.10. The Balaban J connectivity index is 1.68. The minimum absolute atomic E-state index is 0.217. The lowest BCUT2D eigenvalue weighted by molar-refractivity contribution is 0.375. The first-order chi connectivity index (χ1) is 12.8. The van der Waals surface area contributed by atoms with E-state index in [-0.39, 0.29) is 5.75 Å². The Bertz CT molecular complexity index is 978. The Morgan fingerprint density at radius 1 is 0.769 bits per heavy atom. The van der Waals surface area contributed by atoms with Gasteiger partial charge in [0.25, 0.3) is 0 Å². The number of phenols is 1. The molecule has 0 fully saturated rings. The van der Waals surface area contributed by atoms with E-state index in [4.69, 9.17) is 14.7 Å². The normalized spacial score (nSPS) is 13.2. The zero-order chi connectivity index (χ0) is 17.8. The molecule has 0 aliphatic carbocycles. The van der Waals surface area contributed by atoms with Crippen molar-refractivity contribution in [1.29, 1.82) is 0 Å². The van der Waals surface area contributed by atoms with E-state index in [1.54, 1.807) is 12.1 Å². The van der Waals surface area contributed by atoms with Gasteiger partial charge in [-0.05, 0) is 36.4 Å². The van der Waals surface area contributed by atoms with Gasteiger partial charge in [-0.1, -0.05) is 42.5 Å². The Hall–Kier alpha value is -3.40.